The van der Waals surface area contributed by atoms with E-state index in [9.17, 15) is 5.11 Å². The standard InChI is InChI=1S/C6H10N4O/c1-9(2)6-7-5(11)4-10(3)8-6/h4H,1-3H3. The van der Waals surface area contributed by atoms with Crippen molar-refractivity contribution in [1.82, 2.24) is 10.1 Å². The van der Waals surface area contributed by atoms with Crippen LogP contribution < -0.4 is 14.7 Å². The minimum atomic E-state index is -0.272. The van der Waals surface area contributed by atoms with E-state index in [-0.39, 0.29) is 5.88 Å². The van der Waals surface area contributed by atoms with Gasteiger partial charge in [-0.25, -0.2) is 4.98 Å². The molecule has 0 unspecified atom stereocenters. The molecule has 0 aliphatic heterocycles. The molecule has 5 nitrogen and oxygen atoms in total. The van der Waals surface area contributed by atoms with E-state index < -0.39 is 0 Å². The summed E-state index contributed by atoms with van der Waals surface area (Å²) in [6.45, 7) is 0. The fourth-order valence-electron chi connectivity index (χ4n) is 0.669. The van der Waals surface area contributed by atoms with E-state index in [1.54, 1.807) is 26.0 Å². The summed E-state index contributed by atoms with van der Waals surface area (Å²) >= 11 is 0. The summed E-state index contributed by atoms with van der Waals surface area (Å²) in [7, 11) is 5.26. The predicted octanol–water partition coefficient (Wildman–Crippen LogP) is -1.56. The Morgan fingerprint density at radius 1 is 1.55 bits per heavy atom. The van der Waals surface area contributed by atoms with Crippen molar-refractivity contribution in [2.24, 2.45) is 7.05 Å². The van der Waals surface area contributed by atoms with Crippen LogP contribution >= 0.6 is 0 Å². The molecule has 0 saturated carbocycles. The lowest BCUT2D eigenvalue weighted by atomic mass is 10.7. The predicted molar refractivity (Wildman–Crippen MR) is 37.0 cm³/mol. The second-order valence-electron chi connectivity index (χ2n) is 2.45. The van der Waals surface area contributed by atoms with Crippen LogP contribution in [-0.4, -0.2) is 24.2 Å². The fourth-order valence-corrected chi connectivity index (χ4v) is 0.669. The Bertz CT molecular complexity index is 241. The lowest BCUT2D eigenvalue weighted by molar-refractivity contribution is -0.732. The third-order valence-electron chi connectivity index (χ3n) is 1.15. The van der Waals surface area contributed by atoms with Crippen LogP contribution in [0.3, 0.4) is 0 Å². The lowest BCUT2D eigenvalue weighted by Crippen LogP contribution is -2.35. The highest BCUT2D eigenvalue weighted by Crippen LogP contribution is 2.00. The van der Waals surface area contributed by atoms with E-state index in [0.717, 1.165) is 0 Å². The first-order valence-electron chi connectivity index (χ1n) is 3.19. The smallest absolute Gasteiger partial charge is 0.289 e. The van der Waals surface area contributed by atoms with Crippen LogP contribution in [0.25, 0.3) is 0 Å². The molecule has 1 aromatic rings. The molecule has 60 valence electrons. The molecule has 1 aromatic heterocycles. The van der Waals surface area contributed by atoms with Crippen molar-refractivity contribution in [2.45, 2.75) is 0 Å². The second kappa shape index (κ2) is 2.69. The largest absolute Gasteiger partial charge is 0.854 e. The van der Waals surface area contributed by atoms with Crippen LogP contribution in [0.1, 0.15) is 0 Å². The molecule has 0 aliphatic rings. The number of rotatable bonds is 1. The van der Waals surface area contributed by atoms with Gasteiger partial charge in [0.15, 0.2) is 7.05 Å². The summed E-state index contributed by atoms with van der Waals surface area (Å²) in [6.07, 6.45) is 1.33. The zero-order valence-corrected chi connectivity index (χ0v) is 6.77. The first-order chi connectivity index (χ1) is 5.09. The summed E-state index contributed by atoms with van der Waals surface area (Å²) in [4.78, 5) is 5.35. The topological polar surface area (TPSA) is 56.0 Å². The Kier molecular flexibility index (Phi) is 1.89. The van der Waals surface area contributed by atoms with Gasteiger partial charge in [0.25, 0.3) is 5.95 Å². The van der Waals surface area contributed by atoms with Crippen LogP contribution in [0.4, 0.5) is 5.95 Å². The van der Waals surface area contributed by atoms with Crippen molar-refractivity contribution in [1.29, 1.82) is 0 Å². The Labute approximate surface area is 64.9 Å². The highest BCUT2D eigenvalue weighted by atomic mass is 16.3. The van der Waals surface area contributed by atoms with Gasteiger partial charge in [0.1, 0.15) is 0 Å². The minimum Gasteiger partial charge on any atom is -0.854 e. The molecule has 11 heavy (non-hydrogen) atoms. The van der Waals surface area contributed by atoms with Crippen molar-refractivity contribution in [3.8, 4) is 5.88 Å². The average molecular weight is 154 g/mol. The Morgan fingerprint density at radius 2 is 2.18 bits per heavy atom. The first kappa shape index (κ1) is 7.71. The van der Waals surface area contributed by atoms with Crippen LogP contribution in [0, 0.1) is 0 Å². The van der Waals surface area contributed by atoms with Gasteiger partial charge in [-0.2, -0.15) is 0 Å². The number of anilines is 1. The molecule has 0 radical (unpaired) electrons. The zero-order chi connectivity index (χ0) is 8.43. The van der Waals surface area contributed by atoms with E-state index in [1.165, 1.54) is 10.9 Å². The van der Waals surface area contributed by atoms with Gasteiger partial charge in [0.2, 0.25) is 6.20 Å². The van der Waals surface area contributed by atoms with Crippen molar-refractivity contribution in [2.75, 3.05) is 19.0 Å². The maximum atomic E-state index is 10.8. The molecule has 0 N–H and O–H groups in total. The summed E-state index contributed by atoms with van der Waals surface area (Å²) in [5.74, 6) is 0.159. The van der Waals surface area contributed by atoms with E-state index in [2.05, 4.69) is 10.1 Å². The first-order valence-corrected chi connectivity index (χ1v) is 3.19. The summed E-state index contributed by atoms with van der Waals surface area (Å²) in [5.41, 5.74) is 0. The molecule has 1 heterocycles. The third kappa shape index (κ3) is 1.76. The van der Waals surface area contributed by atoms with Gasteiger partial charge in [-0.3, -0.25) is 0 Å². The molecule has 0 atom stereocenters. The number of hydrogen-bond donors (Lipinski definition) is 0. The normalized spacial score (nSPS) is 9.73. The molecular weight excluding hydrogens is 144 g/mol. The third-order valence-corrected chi connectivity index (χ3v) is 1.15. The summed E-state index contributed by atoms with van der Waals surface area (Å²) in [5, 5.41) is 14.8. The molecule has 0 saturated heterocycles. The summed E-state index contributed by atoms with van der Waals surface area (Å²) in [6, 6.07) is 0. The van der Waals surface area contributed by atoms with E-state index in [1.807, 2.05) is 0 Å². The Morgan fingerprint density at radius 3 is 2.64 bits per heavy atom. The van der Waals surface area contributed by atoms with Crippen molar-refractivity contribution >= 4 is 5.95 Å². The molecule has 0 fully saturated rings. The van der Waals surface area contributed by atoms with Crippen LogP contribution in [0.15, 0.2) is 6.20 Å². The average Bonchev–Trinajstić information content (AvgIpc) is 1.85. The van der Waals surface area contributed by atoms with Gasteiger partial charge in [0.05, 0.1) is 5.88 Å². The van der Waals surface area contributed by atoms with Gasteiger partial charge in [-0.1, -0.05) is 4.68 Å². The van der Waals surface area contributed by atoms with E-state index >= 15 is 0 Å². The lowest BCUT2D eigenvalue weighted by Gasteiger charge is -2.09. The van der Waals surface area contributed by atoms with Gasteiger partial charge >= 0.3 is 0 Å². The molecule has 0 aromatic carbocycles. The molecule has 1 rings (SSSR count). The quantitative estimate of drug-likeness (QED) is 0.459. The molecule has 0 amide bonds. The number of aromatic nitrogens is 3. The SMILES string of the molecule is CN(C)c1nc([O-])c[n+](C)n1. The Hall–Kier alpha value is -1.39. The van der Waals surface area contributed by atoms with Gasteiger partial charge < -0.3 is 10.0 Å². The van der Waals surface area contributed by atoms with Crippen molar-refractivity contribution < 1.29 is 9.79 Å². The molecule has 0 aliphatic carbocycles. The van der Waals surface area contributed by atoms with Gasteiger partial charge in [0, 0.05) is 19.2 Å². The zero-order valence-electron chi connectivity index (χ0n) is 6.77. The fraction of sp³-hybridized carbons (Fsp3) is 0.500. The van der Waals surface area contributed by atoms with Crippen LogP contribution in [0.5, 0.6) is 5.88 Å². The molecule has 0 spiro atoms. The van der Waals surface area contributed by atoms with E-state index in [0.29, 0.717) is 5.95 Å². The van der Waals surface area contributed by atoms with E-state index in [4.69, 9.17) is 0 Å². The van der Waals surface area contributed by atoms with Gasteiger partial charge in [-0.05, 0) is 0 Å². The highest BCUT2D eigenvalue weighted by molar-refractivity contribution is 5.24. The van der Waals surface area contributed by atoms with Crippen molar-refractivity contribution in [3.63, 3.8) is 0 Å². The van der Waals surface area contributed by atoms with Crippen molar-refractivity contribution in [3.05, 3.63) is 6.20 Å². The maximum Gasteiger partial charge on any atom is 0.289 e. The van der Waals surface area contributed by atoms with Crippen LogP contribution in [-0.2, 0) is 7.05 Å². The molecular formula is C6H10N4O. The van der Waals surface area contributed by atoms with Gasteiger partial charge in [-0.15, -0.1) is 0 Å². The molecule has 5 heteroatoms. The van der Waals surface area contributed by atoms with Crippen LogP contribution in [0.2, 0.25) is 0 Å². The summed E-state index contributed by atoms with van der Waals surface area (Å²) < 4.78 is 1.45. The monoisotopic (exact) mass is 154 g/mol. The Balaban J connectivity index is 3.08. The minimum absolute atomic E-state index is 0.272. The molecule has 0 bridgehead atoms. The number of aryl methyl sites for hydroxylation is 1. The second-order valence-corrected chi connectivity index (χ2v) is 2.45. The number of nitrogens with zero attached hydrogens (tertiary/aromatic N) is 4. The number of hydrogen-bond acceptors (Lipinski definition) is 4. The maximum absolute atomic E-state index is 10.8. The highest BCUT2D eigenvalue weighted by Gasteiger charge is 2.03.